The van der Waals surface area contributed by atoms with Gasteiger partial charge in [-0.2, -0.15) is 0 Å². The number of anilines is 1. The molecule has 4 rings (SSSR count). The summed E-state index contributed by atoms with van der Waals surface area (Å²) in [5.41, 5.74) is 3.18. The van der Waals surface area contributed by atoms with Crippen LogP contribution in [-0.4, -0.2) is 26.4 Å². The molecule has 1 amide bonds. The Morgan fingerprint density at radius 2 is 1.81 bits per heavy atom. The summed E-state index contributed by atoms with van der Waals surface area (Å²) in [7, 11) is -3.63. The molecule has 26 heavy (non-hydrogen) atoms. The zero-order valence-corrected chi connectivity index (χ0v) is 15.7. The molecule has 0 aromatic heterocycles. The summed E-state index contributed by atoms with van der Waals surface area (Å²) >= 11 is 0. The topological polar surface area (TPSA) is 66.5 Å². The van der Waals surface area contributed by atoms with E-state index in [2.05, 4.69) is 5.32 Å². The second kappa shape index (κ2) is 6.13. The number of sulfonamides is 1. The van der Waals surface area contributed by atoms with Crippen LogP contribution < -0.4 is 9.62 Å². The molecule has 1 atom stereocenters. The van der Waals surface area contributed by atoms with Crippen LogP contribution in [0.5, 0.6) is 0 Å². The Morgan fingerprint density at radius 3 is 2.46 bits per heavy atom. The van der Waals surface area contributed by atoms with Gasteiger partial charge in [-0.3, -0.25) is 9.10 Å². The van der Waals surface area contributed by atoms with Gasteiger partial charge in [0.05, 0.1) is 10.6 Å². The number of carbonyl (C=O) groups is 1. The number of benzene rings is 2. The van der Waals surface area contributed by atoms with E-state index in [1.165, 1.54) is 4.31 Å². The lowest BCUT2D eigenvalue weighted by atomic mass is 10.1. The first-order valence-electron chi connectivity index (χ1n) is 8.91. The van der Waals surface area contributed by atoms with Gasteiger partial charge in [0, 0.05) is 17.6 Å². The van der Waals surface area contributed by atoms with Crippen LogP contribution in [0, 0.1) is 6.92 Å². The monoisotopic (exact) mass is 370 g/mol. The number of hydrogen-bond acceptors (Lipinski definition) is 3. The minimum Gasteiger partial charge on any atom is -0.349 e. The largest absolute Gasteiger partial charge is 0.349 e. The van der Waals surface area contributed by atoms with Crippen LogP contribution in [0.3, 0.4) is 0 Å². The number of aryl methyl sites for hydroxylation is 1. The Bertz CT molecular complexity index is 963. The average molecular weight is 370 g/mol. The first-order chi connectivity index (χ1) is 12.4. The van der Waals surface area contributed by atoms with Crippen LogP contribution in [0.25, 0.3) is 0 Å². The summed E-state index contributed by atoms with van der Waals surface area (Å²) in [4.78, 5) is 12.6. The summed E-state index contributed by atoms with van der Waals surface area (Å²) in [6.07, 6.45) is 2.68. The number of rotatable bonds is 4. The molecule has 1 aliphatic carbocycles. The van der Waals surface area contributed by atoms with Crippen molar-refractivity contribution in [3.05, 3.63) is 59.2 Å². The lowest BCUT2D eigenvalue weighted by molar-refractivity contribution is 0.0951. The number of nitrogens with one attached hydrogen (secondary N) is 1. The van der Waals surface area contributed by atoms with Gasteiger partial charge in [0.1, 0.15) is 0 Å². The molecule has 6 heteroatoms. The maximum Gasteiger partial charge on any atom is 0.264 e. The van der Waals surface area contributed by atoms with Gasteiger partial charge in [-0.1, -0.05) is 17.7 Å². The van der Waals surface area contributed by atoms with E-state index in [1.807, 2.05) is 19.9 Å². The molecule has 0 unspecified atom stereocenters. The lowest BCUT2D eigenvalue weighted by Crippen LogP contribution is -2.35. The van der Waals surface area contributed by atoms with Crippen molar-refractivity contribution in [2.45, 2.75) is 50.1 Å². The number of carbonyl (C=O) groups excluding carboxylic acids is 1. The molecule has 1 aliphatic heterocycles. The highest BCUT2D eigenvalue weighted by Crippen LogP contribution is 2.37. The van der Waals surface area contributed by atoms with Crippen LogP contribution in [0.15, 0.2) is 47.4 Å². The minimum atomic E-state index is -3.63. The van der Waals surface area contributed by atoms with Gasteiger partial charge < -0.3 is 5.32 Å². The van der Waals surface area contributed by atoms with E-state index < -0.39 is 10.0 Å². The van der Waals surface area contributed by atoms with Gasteiger partial charge in [0.2, 0.25) is 0 Å². The van der Waals surface area contributed by atoms with E-state index in [0.717, 1.165) is 24.0 Å². The predicted octanol–water partition coefficient (Wildman–Crippen LogP) is 3.03. The molecule has 1 N–H and O–H groups in total. The van der Waals surface area contributed by atoms with Crippen LogP contribution in [0.4, 0.5) is 5.69 Å². The van der Waals surface area contributed by atoms with Crippen molar-refractivity contribution in [3.63, 3.8) is 0 Å². The van der Waals surface area contributed by atoms with Gasteiger partial charge in [0.15, 0.2) is 0 Å². The van der Waals surface area contributed by atoms with E-state index in [9.17, 15) is 13.2 Å². The van der Waals surface area contributed by atoms with Gasteiger partial charge in [-0.05, 0) is 69.0 Å². The van der Waals surface area contributed by atoms with E-state index in [4.69, 9.17) is 0 Å². The zero-order valence-electron chi connectivity index (χ0n) is 14.9. The van der Waals surface area contributed by atoms with E-state index >= 15 is 0 Å². The second-order valence-corrected chi connectivity index (χ2v) is 9.07. The van der Waals surface area contributed by atoms with Gasteiger partial charge >= 0.3 is 0 Å². The predicted molar refractivity (Wildman–Crippen MR) is 101 cm³/mol. The normalized spacial score (nSPS) is 19.3. The zero-order chi connectivity index (χ0) is 18.5. The first-order valence-corrected chi connectivity index (χ1v) is 10.3. The third-order valence-electron chi connectivity index (χ3n) is 4.99. The average Bonchev–Trinajstić information content (AvgIpc) is 3.33. The Balaban J connectivity index is 1.67. The van der Waals surface area contributed by atoms with E-state index in [0.29, 0.717) is 28.6 Å². The molecule has 0 bridgehead atoms. The Hall–Kier alpha value is -2.34. The Kier molecular flexibility index (Phi) is 4.03. The number of amides is 1. The lowest BCUT2D eigenvalue weighted by Gasteiger charge is -2.24. The van der Waals surface area contributed by atoms with Crippen molar-refractivity contribution in [1.82, 2.24) is 5.32 Å². The highest BCUT2D eigenvalue weighted by molar-refractivity contribution is 7.92. The Labute approximate surface area is 154 Å². The molecule has 2 aliphatic rings. The molecule has 2 aromatic carbocycles. The third-order valence-corrected chi connectivity index (χ3v) is 6.93. The standard InChI is InChI=1S/C20H22N2O3S/c1-13-3-8-18(9-4-13)26(24,25)22-14(2)11-16-12-15(5-10-19(16)22)20(23)21-17-6-7-17/h3-5,8-10,12,14,17H,6-7,11H2,1-2H3,(H,21,23)/t14-/m1/s1. The van der Waals surface area contributed by atoms with Crippen LogP contribution >= 0.6 is 0 Å². The van der Waals surface area contributed by atoms with Gasteiger partial charge in [-0.25, -0.2) is 8.42 Å². The quantitative estimate of drug-likeness (QED) is 0.900. The molecule has 0 spiro atoms. The maximum atomic E-state index is 13.1. The second-order valence-electron chi connectivity index (χ2n) is 7.26. The Morgan fingerprint density at radius 1 is 1.12 bits per heavy atom. The SMILES string of the molecule is Cc1ccc(S(=O)(=O)N2c3ccc(C(=O)NC4CC4)cc3C[C@H]2C)cc1. The molecule has 0 radical (unpaired) electrons. The highest BCUT2D eigenvalue weighted by atomic mass is 32.2. The molecule has 136 valence electrons. The first kappa shape index (κ1) is 17.1. The van der Waals surface area contributed by atoms with Crippen molar-refractivity contribution < 1.29 is 13.2 Å². The molecular weight excluding hydrogens is 348 g/mol. The number of hydrogen-bond donors (Lipinski definition) is 1. The minimum absolute atomic E-state index is 0.0807. The smallest absolute Gasteiger partial charge is 0.264 e. The summed E-state index contributed by atoms with van der Waals surface area (Å²) in [6, 6.07) is 12.3. The molecule has 5 nitrogen and oxygen atoms in total. The molecule has 2 aromatic rings. The van der Waals surface area contributed by atoms with Crippen LogP contribution in [-0.2, 0) is 16.4 Å². The summed E-state index contributed by atoms with van der Waals surface area (Å²) in [5, 5.41) is 2.97. The summed E-state index contributed by atoms with van der Waals surface area (Å²) < 4.78 is 27.8. The third kappa shape index (κ3) is 2.98. The van der Waals surface area contributed by atoms with Crippen molar-refractivity contribution in [2.75, 3.05) is 4.31 Å². The molecule has 1 saturated carbocycles. The van der Waals surface area contributed by atoms with E-state index in [1.54, 1.807) is 36.4 Å². The highest BCUT2D eigenvalue weighted by Gasteiger charge is 2.36. The number of fused-ring (bicyclic) bond motifs is 1. The summed E-state index contributed by atoms with van der Waals surface area (Å²) in [6.45, 7) is 3.83. The maximum absolute atomic E-state index is 13.1. The van der Waals surface area contributed by atoms with Crippen molar-refractivity contribution in [2.24, 2.45) is 0 Å². The molecule has 0 saturated heterocycles. The van der Waals surface area contributed by atoms with Crippen molar-refractivity contribution in [1.29, 1.82) is 0 Å². The fourth-order valence-electron chi connectivity index (χ4n) is 3.43. The fraction of sp³-hybridized carbons (Fsp3) is 0.350. The molecule has 1 fully saturated rings. The van der Waals surface area contributed by atoms with Crippen molar-refractivity contribution >= 4 is 21.6 Å². The van der Waals surface area contributed by atoms with E-state index in [-0.39, 0.29) is 11.9 Å². The molecular formula is C20H22N2O3S. The number of nitrogens with zero attached hydrogens (tertiary/aromatic N) is 1. The van der Waals surface area contributed by atoms with Crippen LogP contribution in [0.1, 0.15) is 41.3 Å². The fourth-order valence-corrected chi connectivity index (χ4v) is 5.12. The summed E-state index contributed by atoms with van der Waals surface area (Å²) in [5.74, 6) is -0.0807. The van der Waals surface area contributed by atoms with Gasteiger partial charge in [-0.15, -0.1) is 0 Å². The van der Waals surface area contributed by atoms with Crippen LogP contribution in [0.2, 0.25) is 0 Å². The molecule has 1 heterocycles. The van der Waals surface area contributed by atoms with Crippen molar-refractivity contribution in [3.8, 4) is 0 Å². The van der Waals surface area contributed by atoms with Gasteiger partial charge in [0.25, 0.3) is 15.9 Å².